The van der Waals surface area contributed by atoms with E-state index in [-0.39, 0.29) is 11.8 Å². The molecular weight excluding hydrogens is 240 g/mol. The highest BCUT2D eigenvalue weighted by Crippen LogP contribution is 2.30. The van der Waals surface area contributed by atoms with Gasteiger partial charge in [-0.05, 0) is 24.2 Å². The van der Waals surface area contributed by atoms with Crippen molar-refractivity contribution in [3.63, 3.8) is 0 Å². The summed E-state index contributed by atoms with van der Waals surface area (Å²) >= 11 is 0. The monoisotopic (exact) mass is 264 g/mol. The van der Waals surface area contributed by atoms with E-state index in [0.717, 1.165) is 12.2 Å². The van der Waals surface area contributed by atoms with Crippen LogP contribution in [0.1, 0.15) is 62.1 Å². The summed E-state index contributed by atoms with van der Waals surface area (Å²) in [6.45, 7) is 7.02. The Morgan fingerprint density at radius 2 is 2.26 bits per heavy atom. The average molecular weight is 264 g/mol. The van der Waals surface area contributed by atoms with Crippen LogP contribution < -0.4 is 11.1 Å². The van der Waals surface area contributed by atoms with E-state index in [0.29, 0.717) is 23.2 Å². The van der Waals surface area contributed by atoms with Crippen molar-refractivity contribution in [3.8, 4) is 0 Å². The molecule has 2 atom stereocenters. The first kappa shape index (κ1) is 13.9. The van der Waals surface area contributed by atoms with Gasteiger partial charge < -0.3 is 11.1 Å². The van der Waals surface area contributed by atoms with Gasteiger partial charge in [-0.1, -0.05) is 33.6 Å². The minimum absolute atomic E-state index is 0.167. The summed E-state index contributed by atoms with van der Waals surface area (Å²) in [5.74, 6) is 1.36. The van der Waals surface area contributed by atoms with Crippen molar-refractivity contribution < 1.29 is 4.79 Å². The standard InChI is InChI=1S/C14H24N4O/c1-8(2)12-11(15)13(18-17-12)14(19)16-7-10-6-4-5-9(10)3/h8-10H,4-7,15H2,1-3H3,(H,16,19)(H,17,18). The number of carbonyl (C=O) groups is 1. The van der Waals surface area contributed by atoms with Gasteiger partial charge in [0, 0.05) is 6.54 Å². The van der Waals surface area contributed by atoms with Crippen LogP contribution in [0.5, 0.6) is 0 Å². The third kappa shape index (κ3) is 2.91. The lowest BCUT2D eigenvalue weighted by Crippen LogP contribution is -2.31. The SMILES string of the molecule is CC(C)c1[nH]nc(C(=O)NCC2CCCC2C)c1N. The second-order valence-corrected chi connectivity index (χ2v) is 5.93. The number of anilines is 1. The molecule has 4 N–H and O–H groups in total. The number of hydrogen-bond donors (Lipinski definition) is 3. The molecule has 5 heteroatoms. The van der Waals surface area contributed by atoms with Gasteiger partial charge in [-0.3, -0.25) is 9.89 Å². The summed E-state index contributed by atoms with van der Waals surface area (Å²) in [5.41, 5.74) is 7.60. The first-order chi connectivity index (χ1) is 9.00. The smallest absolute Gasteiger partial charge is 0.273 e. The molecule has 106 valence electrons. The molecule has 1 fully saturated rings. The molecule has 1 amide bonds. The Kier molecular flexibility index (Phi) is 4.12. The number of nitrogens with one attached hydrogen (secondary N) is 2. The Hall–Kier alpha value is -1.52. The minimum Gasteiger partial charge on any atom is -0.395 e. The normalized spacial score (nSPS) is 22.9. The summed E-state index contributed by atoms with van der Waals surface area (Å²) in [4.78, 5) is 12.1. The zero-order valence-corrected chi connectivity index (χ0v) is 12.0. The van der Waals surface area contributed by atoms with Gasteiger partial charge in [0.2, 0.25) is 0 Å². The van der Waals surface area contributed by atoms with E-state index in [1.165, 1.54) is 19.3 Å². The predicted molar refractivity (Wildman–Crippen MR) is 75.9 cm³/mol. The number of nitrogens with two attached hydrogens (primary N) is 1. The Labute approximate surface area is 114 Å². The number of H-pyrrole nitrogens is 1. The number of nitrogen functional groups attached to an aromatic ring is 1. The van der Waals surface area contributed by atoms with Crippen molar-refractivity contribution in [2.75, 3.05) is 12.3 Å². The van der Waals surface area contributed by atoms with Crippen LogP contribution in [0, 0.1) is 11.8 Å². The summed E-state index contributed by atoms with van der Waals surface area (Å²) in [6, 6.07) is 0. The van der Waals surface area contributed by atoms with Crippen LogP contribution in [0.2, 0.25) is 0 Å². The number of rotatable bonds is 4. The molecule has 2 unspecified atom stereocenters. The van der Waals surface area contributed by atoms with Crippen LogP contribution in [0.15, 0.2) is 0 Å². The second-order valence-electron chi connectivity index (χ2n) is 5.93. The molecule has 1 aromatic heterocycles. The van der Waals surface area contributed by atoms with Gasteiger partial charge in [-0.15, -0.1) is 0 Å². The van der Waals surface area contributed by atoms with Crippen molar-refractivity contribution >= 4 is 11.6 Å². The summed E-state index contributed by atoms with van der Waals surface area (Å²) < 4.78 is 0. The molecule has 0 aromatic carbocycles. The highest BCUT2D eigenvalue weighted by atomic mass is 16.1. The highest BCUT2D eigenvalue weighted by molar-refractivity contribution is 5.97. The topological polar surface area (TPSA) is 83.8 Å². The van der Waals surface area contributed by atoms with Gasteiger partial charge in [0.05, 0.1) is 11.4 Å². The third-order valence-electron chi connectivity index (χ3n) is 4.19. The lowest BCUT2D eigenvalue weighted by atomic mass is 9.98. The fourth-order valence-electron chi connectivity index (χ4n) is 2.81. The number of aromatic amines is 1. The molecule has 2 rings (SSSR count). The van der Waals surface area contributed by atoms with Crippen LogP contribution in [0.25, 0.3) is 0 Å². The molecule has 5 nitrogen and oxygen atoms in total. The maximum atomic E-state index is 12.1. The molecule has 0 aliphatic heterocycles. The summed E-state index contributed by atoms with van der Waals surface area (Å²) in [6.07, 6.45) is 3.74. The zero-order chi connectivity index (χ0) is 14.0. The van der Waals surface area contributed by atoms with E-state index < -0.39 is 0 Å². The minimum atomic E-state index is -0.167. The van der Waals surface area contributed by atoms with Gasteiger partial charge in [-0.2, -0.15) is 5.10 Å². The van der Waals surface area contributed by atoms with E-state index in [1.54, 1.807) is 0 Å². The summed E-state index contributed by atoms with van der Waals surface area (Å²) in [7, 11) is 0. The maximum Gasteiger partial charge on any atom is 0.273 e. The van der Waals surface area contributed by atoms with E-state index in [9.17, 15) is 4.79 Å². The van der Waals surface area contributed by atoms with Gasteiger partial charge in [0.1, 0.15) is 0 Å². The van der Waals surface area contributed by atoms with Crippen molar-refractivity contribution in [2.45, 2.75) is 46.0 Å². The Balaban J connectivity index is 1.96. The molecule has 0 radical (unpaired) electrons. The van der Waals surface area contributed by atoms with Crippen LogP contribution in [-0.2, 0) is 0 Å². The zero-order valence-electron chi connectivity index (χ0n) is 12.0. The first-order valence-electron chi connectivity index (χ1n) is 7.12. The van der Waals surface area contributed by atoms with Gasteiger partial charge in [0.15, 0.2) is 5.69 Å². The van der Waals surface area contributed by atoms with E-state index in [1.807, 2.05) is 13.8 Å². The summed E-state index contributed by atoms with van der Waals surface area (Å²) in [5, 5.41) is 9.86. The number of amides is 1. The largest absolute Gasteiger partial charge is 0.395 e. The third-order valence-corrected chi connectivity index (χ3v) is 4.19. The average Bonchev–Trinajstić information content (AvgIpc) is 2.92. The number of hydrogen-bond acceptors (Lipinski definition) is 3. The lowest BCUT2D eigenvalue weighted by Gasteiger charge is -2.15. The molecule has 1 saturated carbocycles. The quantitative estimate of drug-likeness (QED) is 0.780. The van der Waals surface area contributed by atoms with Crippen LogP contribution in [0.3, 0.4) is 0 Å². The Bertz CT molecular complexity index is 452. The van der Waals surface area contributed by atoms with Crippen molar-refractivity contribution in [1.82, 2.24) is 15.5 Å². The van der Waals surface area contributed by atoms with E-state index in [4.69, 9.17) is 5.73 Å². The molecule has 1 aliphatic rings. The van der Waals surface area contributed by atoms with Crippen LogP contribution >= 0.6 is 0 Å². The Morgan fingerprint density at radius 3 is 2.79 bits per heavy atom. The van der Waals surface area contributed by atoms with Crippen molar-refractivity contribution in [3.05, 3.63) is 11.4 Å². The molecule has 1 aliphatic carbocycles. The van der Waals surface area contributed by atoms with Crippen molar-refractivity contribution in [1.29, 1.82) is 0 Å². The van der Waals surface area contributed by atoms with Crippen LogP contribution in [-0.4, -0.2) is 22.6 Å². The van der Waals surface area contributed by atoms with Gasteiger partial charge >= 0.3 is 0 Å². The highest BCUT2D eigenvalue weighted by Gasteiger charge is 2.25. The molecule has 0 bridgehead atoms. The van der Waals surface area contributed by atoms with Gasteiger partial charge in [0.25, 0.3) is 5.91 Å². The molecule has 0 spiro atoms. The second kappa shape index (κ2) is 5.63. The maximum absolute atomic E-state index is 12.1. The molecule has 0 saturated heterocycles. The number of aromatic nitrogens is 2. The first-order valence-corrected chi connectivity index (χ1v) is 7.12. The van der Waals surface area contributed by atoms with Gasteiger partial charge in [-0.25, -0.2) is 0 Å². The van der Waals surface area contributed by atoms with E-state index >= 15 is 0 Å². The lowest BCUT2D eigenvalue weighted by molar-refractivity contribution is 0.0940. The Morgan fingerprint density at radius 1 is 1.53 bits per heavy atom. The fourth-order valence-corrected chi connectivity index (χ4v) is 2.81. The number of carbonyl (C=O) groups excluding carboxylic acids is 1. The predicted octanol–water partition coefficient (Wildman–Crippen LogP) is 2.28. The van der Waals surface area contributed by atoms with Crippen LogP contribution in [0.4, 0.5) is 5.69 Å². The molecule has 1 heterocycles. The molecule has 19 heavy (non-hydrogen) atoms. The van der Waals surface area contributed by atoms with E-state index in [2.05, 4.69) is 22.4 Å². The molecule has 1 aromatic rings. The van der Waals surface area contributed by atoms with Crippen molar-refractivity contribution in [2.24, 2.45) is 11.8 Å². The fraction of sp³-hybridized carbons (Fsp3) is 0.714. The number of nitrogens with zero attached hydrogens (tertiary/aromatic N) is 1. The molecular formula is C14H24N4O.